The standard InChI is InChI=1S/C15H19F3N2O/c1-3-5-9-8-12(9)20-14(21)10-6-4-7-11(13(10)19-2)15(16,17)18/h4,6-7,9,12,19H,3,5,8H2,1-2H3,(H,20,21). The maximum Gasteiger partial charge on any atom is 0.418 e. The average molecular weight is 300 g/mol. The molecule has 3 nitrogen and oxygen atoms in total. The molecule has 0 aromatic heterocycles. The predicted octanol–water partition coefficient (Wildman–Crippen LogP) is 3.67. The topological polar surface area (TPSA) is 41.1 Å². The second-order valence-electron chi connectivity index (χ2n) is 5.34. The zero-order valence-electron chi connectivity index (χ0n) is 12.1. The molecule has 0 heterocycles. The number of hydrogen-bond donors (Lipinski definition) is 2. The predicted molar refractivity (Wildman–Crippen MR) is 75.3 cm³/mol. The van der Waals surface area contributed by atoms with E-state index in [4.69, 9.17) is 0 Å². The Morgan fingerprint density at radius 1 is 1.38 bits per heavy atom. The van der Waals surface area contributed by atoms with Crippen LogP contribution in [0.4, 0.5) is 18.9 Å². The van der Waals surface area contributed by atoms with Crippen LogP contribution in [0.3, 0.4) is 0 Å². The molecule has 1 aromatic carbocycles. The van der Waals surface area contributed by atoms with Crippen LogP contribution in [0.5, 0.6) is 0 Å². The second-order valence-corrected chi connectivity index (χ2v) is 5.34. The molecule has 0 radical (unpaired) electrons. The smallest absolute Gasteiger partial charge is 0.387 e. The highest BCUT2D eigenvalue weighted by Gasteiger charge is 2.39. The van der Waals surface area contributed by atoms with Gasteiger partial charge >= 0.3 is 6.18 Å². The van der Waals surface area contributed by atoms with Gasteiger partial charge in [-0.1, -0.05) is 19.4 Å². The van der Waals surface area contributed by atoms with Crippen LogP contribution in [0.15, 0.2) is 18.2 Å². The van der Waals surface area contributed by atoms with Gasteiger partial charge in [-0.3, -0.25) is 4.79 Å². The largest absolute Gasteiger partial charge is 0.418 e. The first-order chi connectivity index (χ1) is 9.88. The van der Waals surface area contributed by atoms with Crippen molar-refractivity contribution in [1.29, 1.82) is 0 Å². The fourth-order valence-corrected chi connectivity index (χ4v) is 2.61. The summed E-state index contributed by atoms with van der Waals surface area (Å²) in [4.78, 5) is 12.2. The van der Waals surface area contributed by atoms with Gasteiger partial charge in [-0.25, -0.2) is 0 Å². The van der Waals surface area contributed by atoms with Crippen molar-refractivity contribution in [2.75, 3.05) is 12.4 Å². The minimum atomic E-state index is -4.49. The van der Waals surface area contributed by atoms with E-state index in [9.17, 15) is 18.0 Å². The summed E-state index contributed by atoms with van der Waals surface area (Å²) in [6.45, 7) is 2.07. The molecule has 116 valence electrons. The van der Waals surface area contributed by atoms with Crippen LogP contribution in [0.25, 0.3) is 0 Å². The number of benzene rings is 1. The average Bonchev–Trinajstić information content (AvgIpc) is 3.15. The molecule has 2 N–H and O–H groups in total. The van der Waals surface area contributed by atoms with E-state index in [-0.39, 0.29) is 17.3 Å². The Morgan fingerprint density at radius 2 is 2.10 bits per heavy atom. The molecule has 1 aliphatic rings. The minimum Gasteiger partial charge on any atom is -0.387 e. The van der Waals surface area contributed by atoms with Gasteiger partial charge in [0.25, 0.3) is 5.91 Å². The summed E-state index contributed by atoms with van der Waals surface area (Å²) < 4.78 is 38.8. The number of anilines is 1. The van der Waals surface area contributed by atoms with Gasteiger partial charge in [-0.05, 0) is 30.9 Å². The molecular formula is C15H19F3N2O. The summed E-state index contributed by atoms with van der Waals surface area (Å²) >= 11 is 0. The van der Waals surface area contributed by atoms with Crippen molar-refractivity contribution in [1.82, 2.24) is 5.32 Å². The third kappa shape index (κ3) is 3.49. The zero-order chi connectivity index (χ0) is 15.6. The molecule has 1 fully saturated rings. The SMILES string of the molecule is CCCC1CC1NC(=O)c1cccc(C(F)(F)F)c1NC. The maximum absolute atomic E-state index is 12.9. The van der Waals surface area contributed by atoms with E-state index in [0.717, 1.165) is 25.3 Å². The van der Waals surface area contributed by atoms with Gasteiger partial charge in [0.05, 0.1) is 16.8 Å². The lowest BCUT2D eigenvalue weighted by molar-refractivity contribution is -0.136. The number of carbonyl (C=O) groups is 1. The molecule has 1 aliphatic carbocycles. The Labute approximate surface area is 121 Å². The van der Waals surface area contributed by atoms with Crippen molar-refractivity contribution in [3.63, 3.8) is 0 Å². The third-order valence-corrected chi connectivity index (χ3v) is 3.76. The van der Waals surface area contributed by atoms with Crippen molar-refractivity contribution in [3.8, 4) is 0 Å². The lowest BCUT2D eigenvalue weighted by Gasteiger charge is -2.16. The Kier molecular flexibility index (Phi) is 4.44. The lowest BCUT2D eigenvalue weighted by Crippen LogP contribution is -2.28. The molecule has 2 unspecified atom stereocenters. The number of amides is 1. The minimum absolute atomic E-state index is 0.0365. The molecule has 1 aromatic rings. The second kappa shape index (κ2) is 5.95. The van der Waals surface area contributed by atoms with Crippen LogP contribution in [-0.2, 0) is 6.18 Å². The van der Waals surface area contributed by atoms with E-state index in [1.54, 1.807) is 0 Å². The van der Waals surface area contributed by atoms with E-state index in [2.05, 4.69) is 17.6 Å². The molecule has 0 spiro atoms. The summed E-state index contributed by atoms with van der Waals surface area (Å²) in [6, 6.07) is 3.74. The van der Waals surface area contributed by atoms with E-state index >= 15 is 0 Å². The van der Waals surface area contributed by atoms with Crippen molar-refractivity contribution < 1.29 is 18.0 Å². The molecule has 0 bridgehead atoms. The van der Waals surface area contributed by atoms with E-state index in [0.29, 0.717) is 5.92 Å². The number of rotatable bonds is 5. The molecule has 0 saturated heterocycles. The van der Waals surface area contributed by atoms with Crippen LogP contribution >= 0.6 is 0 Å². The number of hydrogen-bond acceptors (Lipinski definition) is 2. The lowest BCUT2D eigenvalue weighted by atomic mass is 10.1. The number of para-hydroxylation sites is 1. The van der Waals surface area contributed by atoms with Gasteiger partial charge < -0.3 is 10.6 Å². The van der Waals surface area contributed by atoms with Crippen LogP contribution in [0.1, 0.15) is 42.1 Å². The van der Waals surface area contributed by atoms with Crippen molar-refractivity contribution in [2.24, 2.45) is 5.92 Å². The van der Waals surface area contributed by atoms with Crippen LogP contribution in [-0.4, -0.2) is 19.0 Å². The number of halogens is 3. The highest BCUT2D eigenvalue weighted by Crippen LogP contribution is 2.38. The van der Waals surface area contributed by atoms with E-state index in [1.807, 2.05) is 0 Å². The number of nitrogens with one attached hydrogen (secondary N) is 2. The molecular weight excluding hydrogens is 281 g/mol. The fourth-order valence-electron chi connectivity index (χ4n) is 2.61. The van der Waals surface area contributed by atoms with Crippen molar-refractivity contribution in [2.45, 2.75) is 38.4 Å². The van der Waals surface area contributed by atoms with Crippen LogP contribution < -0.4 is 10.6 Å². The van der Waals surface area contributed by atoms with Gasteiger partial charge in [-0.15, -0.1) is 0 Å². The molecule has 2 atom stereocenters. The van der Waals surface area contributed by atoms with Crippen LogP contribution in [0, 0.1) is 5.92 Å². The molecule has 1 amide bonds. The quantitative estimate of drug-likeness (QED) is 0.871. The van der Waals surface area contributed by atoms with Crippen molar-refractivity contribution >= 4 is 11.6 Å². The highest BCUT2D eigenvalue weighted by molar-refractivity contribution is 6.00. The number of carbonyl (C=O) groups excluding carboxylic acids is 1. The van der Waals surface area contributed by atoms with E-state index in [1.165, 1.54) is 19.2 Å². The maximum atomic E-state index is 12.9. The Hall–Kier alpha value is -1.72. The Morgan fingerprint density at radius 3 is 2.67 bits per heavy atom. The first-order valence-electron chi connectivity index (χ1n) is 7.07. The van der Waals surface area contributed by atoms with Gasteiger partial charge in [0.1, 0.15) is 0 Å². The first-order valence-corrected chi connectivity index (χ1v) is 7.07. The Balaban J connectivity index is 2.18. The fraction of sp³-hybridized carbons (Fsp3) is 0.533. The van der Waals surface area contributed by atoms with Gasteiger partial charge in [0, 0.05) is 13.1 Å². The van der Waals surface area contributed by atoms with Gasteiger partial charge in [0.2, 0.25) is 0 Å². The van der Waals surface area contributed by atoms with Gasteiger partial charge in [0.15, 0.2) is 0 Å². The molecule has 1 saturated carbocycles. The molecule has 2 rings (SSSR count). The zero-order valence-corrected chi connectivity index (χ0v) is 12.1. The summed E-state index contributed by atoms with van der Waals surface area (Å²) in [7, 11) is 1.39. The molecule has 6 heteroatoms. The molecule has 21 heavy (non-hydrogen) atoms. The number of alkyl halides is 3. The third-order valence-electron chi connectivity index (χ3n) is 3.76. The van der Waals surface area contributed by atoms with Crippen molar-refractivity contribution in [3.05, 3.63) is 29.3 Å². The van der Waals surface area contributed by atoms with Gasteiger partial charge in [-0.2, -0.15) is 13.2 Å². The normalized spacial score (nSPS) is 21.0. The summed E-state index contributed by atoms with van der Waals surface area (Å²) in [6.07, 6.45) is -1.50. The summed E-state index contributed by atoms with van der Waals surface area (Å²) in [5.41, 5.74) is -0.955. The first kappa shape index (κ1) is 15.7. The summed E-state index contributed by atoms with van der Waals surface area (Å²) in [5.74, 6) is 0.0110. The summed E-state index contributed by atoms with van der Waals surface area (Å²) in [5, 5.41) is 5.31. The van der Waals surface area contributed by atoms with E-state index < -0.39 is 17.6 Å². The molecule has 0 aliphatic heterocycles. The Bertz CT molecular complexity index is 528. The monoisotopic (exact) mass is 300 g/mol. The van der Waals surface area contributed by atoms with Crippen LogP contribution in [0.2, 0.25) is 0 Å². The highest BCUT2D eigenvalue weighted by atomic mass is 19.4.